The first-order valence-electron chi connectivity index (χ1n) is 8.16. The van der Waals surface area contributed by atoms with E-state index in [1.807, 2.05) is 7.05 Å². The van der Waals surface area contributed by atoms with Crippen molar-refractivity contribution in [3.05, 3.63) is 23.4 Å². The predicted molar refractivity (Wildman–Crippen MR) is 88.0 cm³/mol. The number of rotatable bonds is 7. The Bertz CT molecular complexity index is 442. The Morgan fingerprint density at radius 1 is 1.43 bits per heavy atom. The Balaban J connectivity index is 2.21. The molecule has 4 nitrogen and oxygen atoms in total. The van der Waals surface area contributed by atoms with Gasteiger partial charge in [-0.1, -0.05) is 13.8 Å². The summed E-state index contributed by atoms with van der Waals surface area (Å²) < 4.78 is 5.78. The third-order valence-electron chi connectivity index (χ3n) is 4.02. The Kier molecular flexibility index (Phi) is 6.00. The second-order valence-electron chi connectivity index (χ2n) is 6.12. The standard InChI is InChI=1S/C17H29N3O/c1-5-20(12-15-7-6-8-21-15)17-10-14(11-18-4)9-16(19-17)13(2)3/h9-10,13,15,18H,5-8,11-12H2,1-4H3. The smallest absolute Gasteiger partial charge is 0.129 e. The number of anilines is 1. The maximum Gasteiger partial charge on any atom is 0.129 e. The van der Waals surface area contributed by atoms with Gasteiger partial charge in [0.1, 0.15) is 5.82 Å². The summed E-state index contributed by atoms with van der Waals surface area (Å²) in [6.45, 7) is 10.3. The van der Waals surface area contributed by atoms with Crippen LogP contribution in [0.15, 0.2) is 12.1 Å². The minimum atomic E-state index is 0.363. The summed E-state index contributed by atoms with van der Waals surface area (Å²) in [4.78, 5) is 7.22. The summed E-state index contributed by atoms with van der Waals surface area (Å²) in [5, 5.41) is 3.24. The highest BCUT2D eigenvalue weighted by Crippen LogP contribution is 2.22. The Hall–Kier alpha value is -1.13. The number of nitrogens with one attached hydrogen (secondary N) is 1. The fourth-order valence-electron chi connectivity index (χ4n) is 2.78. The van der Waals surface area contributed by atoms with E-state index < -0.39 is 0 Å². The molecule has 0 aliphatic carbocycles. The van der Waals surface area contributed by atoms with E-state index in [0.717, 1.165) is 32.1 Å². The molecule has 0 saturated carbocycles. The van der Waals surface area contributed by atoms with E-state index in [4.69, 9.17) is 9.72 Å². The Labute approximate surface area is 128 Å². The Morgan fingerprint density at radius 2 is 2.24 bits per heavy atom. The first kappa shape index (κ1) is 16.2. The molecule has 0 aromatic carbocycles. The summed E-state index contributed by atoms with van der Waals surface area (Å²) in [6.07, 6.45) is 2.72. The summed E-state index contributed by atoms with van der Waals surface area (Å²) in [5.74, 6) is 1.53. The van der Waals surface area contributed by atoms with E-state index in [0.29, 0.717) is 12.0 Å². The predicted octanol–water partition coefficient (Wildman–Crippen LogP) is 2.93. The van der Waals surface area contributed by atoms with Crippen LogP contribution in [0.3, 0.4) is 0 Å². The molecule has 1 saturated heterocycles. The van der Waals surface area contributed by atoms with Gasteiger partial charge in [-0.3, -0.25) is 0 Å². The summed E-state index contributed by atoms with van der Waals surface area (Å²) in [7, 11) is 1.99. The van der Waals surface area contributed by atoms with Crippen LogP contribution in [0, 0.1) is 0 Å². The molecule has 0 amide bonds. The molecule has 2 heterocycles. The highest BCUT2D eigenvalue weighted by atomic mass is 16.5. The third-order valence-corrected chi connectivity index (χ3v) is 4.02. The lowest BCUT2D eigenvalue weighted by Gasteiger charge is -2.26. The number of hydrogen-bond acceptors (Lipinski definition) is 4. The van der Waals surface area contributed by atoms with Crippen LogP contribution >= 0.6 is 0 Å². The Morgan fingerprint density at radius 3 is 2.81 bits per heavy atom. The van der Waals surface area contributed by atoms with Crippen LogP contribution in [0.2, 0.25) is 0 Å². The van der Waals surface area contributed by atoms with Gasteiger partial charge in [0, 0.05) is 31.9 Å². The highest BCUT2D eigenvalue weighted by Gasteiger charge is 2.20. The van der Waals surface area contributed by atoms with Gasteiger partial charge in [0.25, 0.3) is 0 Å². The van der Waals surface area contributed by atoms with Gasteiger partial charge in [0.05, 0.1) is 6.10 Å². The second-order valence-corrected chi connectivity index (χ2v) is 6.12. The summed E-state index contributed by atoms with van der Waals surface area (Å²) in [6, 6.07) is 4.42. The van der Waals surface area contributed by atoms with Crippen molar-refractivity contribution in [2.75, 3.05) is 31.6 Å². The number of ether oxygens (including phenoxy) is 1. The molecule has 1 aromatic heterocycles. The number of aromatic nitrogens is 1. The van der Waals surface area contributed by atoms with Crippen LogP contribution in [0.4, 0.5) is 5.82 Å². The van der Waals surface area contributed by atoms with Crippen LogP contribution in [-0.4, -0.2) is 37.8 Å². The molecule has 21 heavy (non-hydrogen) atoms. The number of pyridine rings is 1. The van der Waals surface area contributed by atoms with Crippen molar-refractivity contribution in [1.82, 2.24) is 10.3 Å². The van der Waals surface area contributed by atoms with Crippen molar-refractivity contribution >= 4 is 5.82 Å². The maximum absolute atomic E-state index is 5.78. The van der Waals surface area contributed by atoms with Crippen LogP contribution in [-0.2, 0) is 11.3 Å². The average Bonchev–Trinajstić information content (AvgIpc) is 2.97. The lowest BCUT2D eigenvalue weighted by Crippen LogP contribution is -2.33. The zero-order valence-electron chi connectivity index (χ0n) is 13.9. The lowest BCUT2D eigenvalue weighted by atomic mass is 10.1. The molecule has 1 atom stereocenters. The highest BCUT2D eigenvalue weighted by molar-refractivity contribution is 5.43. The van der Waals surface area contributed by atoms with Crippen molar-refractivity contribution in [1.29, 1.82) is 0 Å². The molecule has 0 spiro atoms. The van der Waals surface area contributed by atoms with E-state index in [9.17, 15) is 0 Å². The summed E-state index contributed by atoms with van der Waals surface area (Å²) in [5.41, 5.74) is 2.47. The van der Waals surface area contributed by atoms with Gasteiger partial charge in [-0.25, -0.2) is 4.98 Å². The van der Waals surface area contributed by atoms with E-state index in [1.54, 1.807) is 0 Å². The first-order valence-corrected chi connectivity index (χ1v) is 8.16. The van der Waals surface area contributed by atoms with Gasteiger partial charge >= 0.3 is 0 Å². The summed E-state index contributed by atoms with van der Waals surface area (Å²) >= 11 is 0. The zero-order valence-corrected chi connectivity index (χ0v) is 13.9. The van der Waals surface area contributed by atoms with Crippen LogP contribution < -0.4 is 10.2 Å². The molecule has 1 N–H and O–H groups in total. The molecule has 1 aliphatic rings. The molecular formula is C17H29N3O. The quantitative estimate of drug-likeness (QED) is 0.838. The molecule has 1 aliphatic heterocycles. The van der Waals surface area contributed by atoms with Gasteiger partial charge < -0.3 is 15.0 Å². The molecule has 0 bridgehead atoms. The van der Waals surface area contributed by atoms with Gasteiger partial charge in [-0.05, 0) is 50.4 Å². The van der Waals surface area contributed by atoms with Crippen molar-refractivity contribution in [3.63, 3.8) is 0 Å². The maximum atomic E-state index is 5.78. The van der Waals surface area contributed by atoms with Gasteiger partial charge in [-0.2, -0.15) is 0 Å². The van der Waals surface area contributed by atoms with Crippen molar-refractivity contribution in [2.24, 2.45) is 0 Å². The minimum Gasteiger partial charge on any atom is -0.376 e. The van der Waals surface area contributed by atoms with Crippen LogP contribution in [0.25, 0.3) is 0 Å². The molecular weight excluding hydrogens is 262 g/mol. The average molecular weight is 291 g/mol. The SMILES string of the molecule is CCN(CC1CCCO1)c1cc(CNC)cc(C(C)C)n1. The van der Waals surface area contributed by atoms with Gasteiger partial charge in [0.15, 0.2) is 0 Å². The number of hydrogen-bond donors (Lipinski definition) is 1. The number of likely N-dealkylation sites (N-methyl/N-ethyl adjacent to an activating group) is 1. The van der Waals surface area contributed by atoms with E-state index in [-0.39, 0.29) is 0 Å². The molecule has 4 heteroatoms. The molecule has 1 aromatic rings. The number of nitrogens with zero attached hydrogens (tertiary/aromatic N) is 2. The monoisotopic (exact) mass is 291 g/mol. The normalized spacial score (nSPS) is 18.4. The largest absolute Gasteiger partial charge is 0.376 e. The fourth-order valence-corrected chi connectivity index (χ4v) is 2.78. The van der Waals surface area contributed by atoms with E-state index >= 15 is 0 Å². The van der Waals surface area contributed by atoms with Crippen LogP contribution in [0.1, 0.15) is 50.8 Å². The van der Waals surface area contributed by atoms with E-state index in [2.05, 4.69) is 43.1 Å². The van der Waals surface area contributed by atoms with Crippen molar-refractivity contribution in [2.45, 2.75) is 52.2 Å². The van der Waals surface area contributed by atoms with Gasteiger partial charge in [0.2, 0.25) is 0 Å². The first-order chi connectivity index (χ1) is 10.1. The molecule has 1 fully saturated rings. The third kappa shape index (κ3) is 4.42. The zero-order chi connectivity index (χ0) is 15.2. The van der Waals surface area contributed by atoms with Gasteiger partial charge in [-0.15, -0.1) is 0 Å². The van der Waals surface area contributed by atoms with Crippen molar-refractivity contribution < 1.29 is 4.74 Å². The fraction of sp³-hybridized carbons (Fsp3) is 0.706. The molecule has 2 rings (SSSR count). The minimum absolute atomic E-state index is 0.363. The van der Waals surface area contributed by atoms with Crippen LogP contribution in [0.5, 0.6) is 0 Å². The second kappa shape index (κ2) is 7.76. The molecule has 0 radical (unpaired) electrons. The topological polar surface area (TPSA) is 37.4 Å². The van der Waals surface area contributed by atoms with Crippen molar-refractivity contribution in [3.8, 4) is 0 Å². The molecule has 1 unspecified atom stereocenters. The lowest BCUT2D eigenvalue weighted by molar-refractivity contribution is 0.115. The molecule has 118 valence electrons. The van der Waals surface area contributed by atoms with E-state index in [1.165, 1.54) is 24.1 Å².